The van der Waals surface area contributed by atoms with Crippen molar-refractivity contribution in [1.82, 2.24) is 14.7 Å². The molecule has 154 valence electrons. The first-order valence-corrected chi connectivity index (χ1v) is 10.5. The average molecular weight is 443 g/mol. The van der Waals surface area contributed by atoms with Crippen LogP contribution < -0.4 is 5.32 Å². The Morgan fingerprint density at radius 2 is 1.70 bits per heavy atom. The number of rotatable bonds is 4. The molecule has 0 atom stereocenters. The molecule has 8 heteroatoms. The molecule has 0 saturated carbocycles. The zero-order valence-electron chi connectivity index (χ0n) is 16.1. The van der Waals surface area contributed by atoms with Crippen LogP contribution in [0, 0.1) is 0 Å². The second-order valence-electron chi connectivity index (χ2n) is 7.12. The monoisotopic (exact) mass is 442 g/mol. The SMILES string of the molecule is O=C(Nc1cc(Cl)ccc1C(=O)N1CCCCC1)c1ccn(-c2cccc(Cl)c2)n1. The van der Waals surface area contributed by atoms with Crippen LogP contribution >= 0.6 is 23.2 Å². The molecule has 0 bridgehead atoms. The number of hydrogen-bond acceptors (Lipinski definition) is 3. The van der Waals surface area contributed by atoms with E-state index in [1.165, 1.54) is 0 Å². The van der Waals surface area contributed by atoms with Crippen molar-refractivity contribution in [2.45, 2.75) is 19.3 Å². The molecular formula is C22H20Cl2N4O2. The molecular weight excluding hydrogens is 423 g/mol. The number of likely N-dealkylation sites (tertiary alicyclic amines) is 1. The Balaban J connectivity index is 1.56. The van der Waals surface area contributed by atoms with Crippen LogP contribution in [0.1, 0.15) is 40.1 Å². The fourth-order valence-electron chi connectivity index (χ4n) is 3.47. The van der Waals surface area contributed by atoms with Crippen molar-refractivity contribution in [2.24, 2.45) is 0 Å². The summed E-state index contributed by atoms with van der Waals surface area (Å²) < 4.78 is 1.57. The molecule has 0 unspecified atom stereocenters. The Hall–Kier alpha value is -2.83. The fourth-order valence-corrected chi connectivity index (χ4v) is 3.82. The van der Waals surface area contributed by atoms with E-state index < -0.39 is 5.91 Å². The number of anilines is 1. The summed E-state index contributed by atoms with van der Waals surface area (Å²) in [7, 11) is 0. The van der Waals surface area contributed by atoms with Crippen molar-refractivity contribution in [1.29, 1.82) is 0 Å². The van der Waals surface area contributed by atoms with E-state index >= 15 is 0 Å². The largest absolute Gasteiger partial charge is 0.339 e. The van der Waals surface area contributed by atoms with Crippen molar-refractivity contribution < 1.29 is 9.59 Å². The van der Waals surface area contributed by atoms with Gasteiger partial charge in [0.05, 0.1) is 16.9 Å². The van der Waals surface area contributed by atoms with E-state index in [2.05, 4.69) is 10.4 Å². The quantitative estimate of drug-likeness (QED) is 0.613. The maximum absolute atomic E-state index is 13.0. The lowest BCUT2D eigenvalue weighted by molar-refractivity contribution is 0.0725. The molecule has 1 N–H and O–H groups in total. The van der Waals surface area contributed by atoms with Gasteiger partial charge < -0.3 is 10.2 Å². The van der Waals surface area contributed by atoms with E-state index in [4.69, 9.17) is 23.2 Å². The smallest absolute Gasteiger partial charge is 0.276 e. The summed E-state index contributed by atoms with van der Waals surface area (Å²) in [6.07, 6.45) is 4.78. The number of aromatic nitrogens is 2. The fraction of sp³-hybridized carbons (Fsp3) is 0.227. The molecule has 2 aromatic carbocycles. The van der Waals surface area contributed by atoms with Crippen molar-refractivity contribution >= 4 is 40.7 Å². The molecule has 6 nitrogen and oxygen atoms in total. The lowest BCUT2D eigenvalue weighted by Crippen LogP contribution is -2.36. The summed E-state index contributed by atoms with van der Waals surface area (Å²) in [5.74, 6) is -0.531. The highest BCUT2D eigenvalue weighted by Gasteiger charge is 2.22. The zero-order valence-corrected chi connectivity index (χ0v) is 17.7. The minimum atomic E-state index is -0.425. The maximum Gasteiger partial charge on any atom is 0.276 e. The van der Waals surface area contributed by atoms with Gasteiger partial charge in [-0.1, -0.05) is 29.3 Å². The van der Waals surface area contributed by atoms with Crippen molar-refractivity contribution in [3.63, 3.8) is 0 Å². The lowest BCUT2D eigenvalue weighted by Gasteiger charge is -2.27. The third-order valence-electron chi connectivity index (χ3n) is 5.00. The molecule has 4 rings (SSSR count). The van der Waals surface area contributed by atoms with Gasteiger partial charge in [0.1, 0.15) is 0 Å². The van der Waals surface area contributed by atoms with Crippen LogP contribution in [-0.2, 0) is 0 Å². The van der Waals surface area contributed by atoms with Crippen LogP contribution in [0.4, 0.5) is 5.69 Å². The Bertz CT molecular complexity index is 1090. The van der Waals surface area contributed by atoms with Gasteiger partial charge >= 0.3 is 0 Å². The summed E-state index contributed by atoms with van der Waals surface area (Å²) in [6.45, 7) is 1.44. The number of halogens is 2. The van der Waals surface area contributed by atoms with Crippen molar-refractivity contribution in [3.8, 4) is 5.69 Å². The van der Waals surface area contributed by atoms with Gasteiger partial charge in [-0.15, -0.1) is 0 Å². The zero-order chi connectivity index (χ0) is 21.1. The molecule has 2 amide bonds. The molecule has 3 aromatic rings. The topological polar surface area (TPSA) is 67.2 Å². The minimum absolute atomic E-state index is 0.105. The summed E-state index contributed by atoms with van der Waals surface area (Å²) in [5, 5.41) is 8.13. The van der Waals surface area contributed by atoms with Crippen LogP contribution in [0.15, 0.2) is 54.7 Å². The van der Waals surface area contributed by atoms with Gasteiger partial charge in [0.25, 0.3) is 11.8 Å². The molecule has 1 saturated heterocycles. The van der Waals surface area contributed by atoms with Crippen LogP contribution in [0.25, 0.3) is 5.69 Å². The predicted molar refractivity (Wildman–Crippen MR) is 118 cm³/mol. The summed E-state index contributed by atoms with van der Waals surface area (Å²) in [6, 6.07) is 13.7. The molecule has 1 fully saturated rings. The number of benzene rings is 2. The second kappa shape index (κ2) is 8.90. The number of hydrogen-bond donors (Lipinski definition) is 1. The van der Waals surface area contributed by atoms with E-state index in [0.717, 1.165) is 38.0 Å². The van der Waals surface area contributed by atoms with E-state index in [0.29, 0.717) is 21.3 Å². The average Bonchev–Trinajstić information content (AvgIpc) is 3.25. The summed E-state index contributed by atoms with van der Waals surface area (Å²) in [5.41, 5.74) is 1.75. The second-order valence-corrected chi connectivity index (χ2v) is 8.00. The molecule has 0 spiro atoms. The number of nitrogens with one attached hydrogen (secondary N) is 1. The first-order chi connectivity index (χ1) is 14.5. The molecule has 1 aromatic heterocycles. The number of nitrogens with zero attached hydrogens (tertiary/aromatic N) is 3. The van der Waals surface area contributed by atoms with E-state index in [-0.39, 0.29) is 11.6 Å². The van der Waals surface area contributed by atoms with E-state index in [1.807, 2.05) is 17.0 Å². The molecule has 0 aliphatic carbocycles. The van der Waals surface area contributed by atoms with Crippen LogP contribution in [0.2, 0.25) is 10.0 Å². The highest BCUT2D eigenvalue weighted by molar-refractivity contribution is 6.31. The number of piperidine rings is 1. The Morgan fingerprint density at radius 3 is 2.47 bits per heavy atom. The number of amides is 2. The van der Waals surface area contributed by atoms with Gasteiger partial charge in [-0.05, 0) is 61.7 Å². The van der Waals surface area contributed by atoms with E-state index in [9.17, 15) is 9.59 Å². The third kappa shape index (κ3) is 4.50. The van der Waals surface area contributed by atoms with Gasteiger partial charge in [-0.3, -0.25) is 9.59 Å². The molecule has 1 aliphatic heterocycles. The minimum Gasteiger partial charge on any atom is -0.339 e. The summed E-state index contributed by atoms with van der Waals surface area (Å²) in [4.78, 5) is 27.6. The lowest BCUT2D eigenvalue weighted by atomic mass is 10.1. The third-order valence-corrected chi connectivity index (χ3v) is 5.47. The first kappa shape index (κ1) is 20.4. The number of carbonyl (C=O) groups is 2. The maximum atomic E-state index is 13.0. The van der Waals surface area contributed by atoms with E-state index in [1.54, 1.807) is 47.3 Å². The van der Waals surface area contributed by atoms with Crippen LogP contribution in [0.5, 0.6) is 0 Å². The predicted octanol–water partition coefficient (Wildman–Crippen LogP) is 5.06. The number of carbonyl (C=O) groups excluding carboxylic acids is 2. The van der Waals surface area contributed by atoms with Gasteiger partial charge in [0, 0.05) is 29.3 Å². The Labute approximate surface area is 184 Å². The van der Waals surface area contributed by atoms with Crippen molar-refractivity contribution in [3.05, 3.63) is 76.0 Å². The molecule has 1 aliphatic rings. The summed E-state index contributed by atoms with van der Waals surface area (Å²) >= 11 is 12.2. The van der Waals surface area contributed by atoms with Crippen molar-refractivity contribution in [2.75, 3.05) is 18.4 Å². The Kier molecular flexibility index (Phi) is 6.06. The first-order valence-electron chi connectivity index (χ1n) is 9.73. The van der Waals surface area contributed by atoms with Gasteiger partial charge in [0.2, 0.25) is 0 Å². The van der Waals surface area contributed by atoms with Crippen LogP contribution in [0.3, 0.4) is 0 Å². The van der Waals surface area contributed by atoms with Gasteiger partial charge in [-0.25, -0.2) is 4.68 Å². The highest BCUT2D eigenvalue weighted by Crippen LogP contribution is 2.25. The Morgan fingerprint density at radius 1 is 0.933 bits per heavy atom. The molecule has 2 heterocycles. The van der Waals surface area contributed by atoms with Crippen LogP contribution in [-0.4, -0.2) is 39.6 Å². The normalized spacial score (nSPS) is 13.9. The molecule has 0 radical (unpaired) electrons. The molecule has 30 heavy (non-hydrogen) atoms. The highest BCUT2D eigenvalue weighted by atomic mass is 35.5. The standard InChI is InChI=1S/C22H20Cl2N4O2/c23-15-5-4-6-17(13-15)28-12-9-19(26-28)21(29)25-20-14-16(24)7-8-18(20)22(30)27-10-2-1-3-11-27/h4-9,12-14H,1-3,10-11H2,(H,25,29). The van der Waals surface area contributed by atoms with Gasteiger partial charge in [0.15, 0.2) is 5.69 Å². The van der Waals surface area contributed by atoms with Gasteiger partial charge in [-0.2, -0.15) is 5.10 Å².